The zero-order valence-corrected chi connectivity index (χ0v) is 15.8. The third kappa shape index (κ3) is 4.82. The van der Waals surface area contributed by atoms with Crippen LogP contribution >= 0.6 is 0 Å². The summed E-state index contributed by atoms with van der Waals surface area (Å²) in [4.78, 5) is 16.6. The molecule has 25 heavy (non-hydrogen) atoms. The maximum Gasteiger partial charge on any atom is 0.491 e. The minimum Gasteiger partial charge on any atom is -0.423 e. The molecule has 1 heterocycles. The maximum atomic E-state index is 12.5. The fourth-order valence-corrected chi connectivity index (χ4v) is 2.47. The van der Waals surface area contributed by atoms with Crippen LogP contribution in [0.2, 0.25) is 0 Å². The van der Waals surface area contributed by atoms with Gasteiger partial charge < -0.3 is 24.6 Å². The average molecular weight is 348 g/mol. The Hall–Kier alpha value is -1.41. The van der Waals surface area contributed by atoms with Crippen LogP contribution in [0.3, 0.4) is 0 Å². The van der Waals surface area contributed by atoms with E-state index in [0.29, 0.717) is 11.0 Å². The van der Waals surface area contributed by atoms with Crippen molar-refractivity contribution >= 4 is 18.5 Å². The van der Waals surface area contributed by atoms with E-state index in [1.54, 1.807) is 52.0 Å². The molecule has 0 aromatic heterocycles. The first-order valence-electron chi connectivity index (χ1n) is 8.67. The van der Waals surface area contributed by atoms with Gasteiger partial charge in [-0.25, -0.2) is 0 Å². The standard InChI is InChI=1S/C18H29BN2O4/c1-17(2,23)18(3,4)25-19(24)15-8-6-14(7-9-15)16(22)21-12-10-20(5)11-13-21/h6-9,23-24H,10-13H2,1-5H3. The van der Waals surface area contributed by atoms with Crippen LogP contribution in [0.4, 0.5) is 0 Å². The van der Waals surface area contributed by atoms with Gasteiger partial charge in [0.1, 0.15) is 0 Å². The van der Waals surface area contributed by atoms with Gasteiger partial charge in [0.15, 0.2) is 0 Å². The fourth-order valence-electron chi connectivity index (χ4n) is 2.47. The molecule has 0 bridgehead atoms. The van der Waals surface area contributed by atoms with Gasteiger partial charge in [0.05, 0.1) is 11.2 Å². The number of likely N-dealkylation sites (N-methyl/N-ethyl adjacent to an activating group) is 1. The van der Waals surface area contributed by atoms with Gasteiger partial charge in [-0.05, 0) is 52.3 Å². The molecule has 1 aliphatic heterocycles. The molecule has 1 saturated heterocycles. The molecular formula is C18H29BN2O4. The second-order valence-electron chi connectivity index (χ2n) is 7.76. The molecule has 0 spiro atoms. The summed E-state index contributed by atoms with van der Waals surface area (Å²) in [7, 11) is 0.877. The van der Waals surface area contributed by atoms with Gasteiger partial charge in [-0.2, -0.15) is 0 Å². The Morgan fingerprint density at radius 3 is 2.08 bits per heavy atom. The van der Waals surface area contributed by atoms with E-state index >= 15 is 0 Å². The molecule has 7 heteroatoms. The van der Waals surface area contributed by atoms with Gasteiger partial charge in [-0.3, -0.25) is 4.79 Å². The second kappa shape index (κ2) is 7.46. The van der Waals surface area contributed by atoms with E-state index in [-0.39, 0.29) is 5.91 Å². The quantitative estimate of drug-likeness (QED) is 0.751. The largest absolute Gasteiger partial charge is 0.491 e. The third-order valence-electron chi connectivity index (χ3n) is 5.11. The zero-order chi connectivity index (χ0) is 18.8. The molecule has 6 nitrogen and oxygen atoms in total. The second-order valence-corrected chi connectivity index (χ2v) is 7.76. The number of carbonyl (C=O) groups is 1. The number of rotatable bonds is 5. The summed E-state index contributed by atoms with van der Waals surface area (Å²) in [5.74, 6) is 0.00637. The maximum absolute atomic E-state index is 12.5. The zero-order valence-electron chi connectivity index (χ0n) is 15.8. The summed E-state index contributed by atoms with van der Waals surface area (Å²) in [6.07, 6.45) is 0. The van der Waals surface area contributed by atoms with E-state index in [0.717, 1.165) is 26.2 Å². The summed E-state index contributed by atoms with van der Waals surface area (Å²) in [6.45, 7) is 9.92. The molecule has 1 fully saturated rings. The first-order chi connectivity index (χ1) is 11.5. The van der Waals surface area contributed by atoms with Crippen LogP contribution in [0.1, 0.15) is 38.1 Å². The van der Waals surface area contributed by atoms with Crippen LogP contribution in [0.25, 0.3) is 0 Å². The predicted octanol–water partition coefficient (Wildman–Crippen LogP) is 0.328. The molecule has 1 aromatic carbocycles. The molecule has 1 aliphatic rings. The van der Waals surface area contributed by atoms with Gasteiger partial charge in [-0.15, -0.1) is 0 Å². The topological polar surface area (TPSA) is 73.2 Å². The molecule has 138 valence electrons. The lowest BCUT2D eigenvalue weighted by molar-refractivity contribution is -0.0982. The van der Waals surface area contributed by atoms with Gasteiger partial charge in [0.2, 0.25) is 0 Å². The Morgan fingerprint density at radius 2 is 1.60 bits per heavy atom. The highest BCUT2D eigenvalue weighted by atomic mass is 16.5. The predicted molar refractivity (Wildman–Crippen MR) is 98.9 cm³/mol. The summed E-state index contributed by atoms with van der Waals surface area (Å²) in [6, 6.07) is 6.79. The highest BCUT2D eigenvalue weighted by molar-refractivity contribution is 6.60. The molecule has 1 amide bonds. The Bertz CT molecular complexity index is 590. The van der Waals surface area contributed by atoms with E-state index in [9.17, 15) is 14.9 Å². The van der Waals surface area contributed by atoms with Crippen LogP contribution < -0.4 is 5.46 Å². The van der Waals surface area contributed by atoms with Crippen molar-refractivity contribution in [1.29, 1.82) is 0 Å². The van der Waals surface area contributed by atoms with Crippen molar-refractivity contribution in [3.05, 3.63) is 29.8 Å². The summed E-state index contributed by atoms with van der Waals surface area (Å²) >= 11 is 0. The van der Waals surface area contributed by atoms with E-state index in [1.807, 2.05) is 11.9 Å². The van der Waals surface area contributed by atoms with Crippen LogP contribution in [0, 0.1) is 0 Å². The van der Waals surface area contributed by atoms with Crippen molar-refractivity contribution in [2.75, 3.05) is 33.2 Å². The lowest BCUT2D eigenvalue weighted by Crippen LogP contribution is -2.53. The molecule has 2 rings (SSSR count). The Morgan fingerprint density at radius 1 is 1.08 bits per heavy atom. The van der Waals surface area contributed by atoms with Crippen LogP contribution in [-0.2, 0) is 4.65 Å². The molecule has 0 unspecified atom stereocenters. The molecule has 0 radical (unpaired) electrons. The highest BCUT2D eigenvalue weighted by Crippen LogP contribution is 2.25. The number of hydrogen-bond acceptors (Lipinski definition) is 5. The third-order valence-corrected chi connectivity index (χ3v) is 5.11. The highest BCUT2D eigenvalue weighted by Gasteiger charge is 2.39. The van der Waals surface area contributed by atoms with E-state index in [1.165, 1.54) is 0 Å². The number of nitrogens with zero attached hydrogens (tertiary/aromatic N) is 2. The van der Waals surface area contributed by atoms with Crippen molar-refractivity contribution < 1.29 is 19.6 Å². The van der Waals surface area contributed by atoms with Gasteiger partial charge >= 0.3 is 7.12 Å². The van der Waals surface area contributed by atoms with Crippen molar-refractivity contribution in [2.24, 2.45) is 0 Å². The minimum absolute atomic E-state index is 0.00637. The fraction of sp³-hybridized carbons (Fsp3) is 0.611. The molecular weight excluding hydrogens is 319 g/mol. The number of piperazine rings is 1. The van der Waals surface area contributed by atoms with Crippen LogP contribution in [-0.4, -0.2) is 77.4 Å². The Labute approximate surface area is 150 Å². The van der Waals surface area contributed by atoms with E-state index < -0.39 is 18.3 Å². The number of benzene rings is 1. The normalized spacial score (nSPS) is 16.8. The molecule has 2 N–H and O–H groups in total. The van der Waals surface area contributed by atoms with Gasteiger partial charge in [0, 0.05) is 31.7 Å². The van der Waals surface area contributed by atoms with Crippen molar-refractivity contribution in [3.63, 3.8) is 0 Å². The summed E-state index contributed by atoms with van der Waals surface area (Å²) in [5.41, 5.74) is -0.888. The van der Waals surface area contributed by atoms with Gasteiger partial charge in [0.25, 0.3) is 5.91 Å². The Balaban J connectivity index is 2.03. The number of hydrogen-bond donors (Lipinski definition) is 2. The first-order valence-corrected chi connectivity index (χ1v) is 8.67. The van der Waals surface area contributed by atoms with E-state index in [2.05, 4.69) is 4.90 Å². The smallest absolute Gasteiger partial charge is 0.423 e. The number of amides is 1. The number of aliphatic hydroxyl groups is 1. The average Bonchev–Trinajstić information content (AvgIpc) is 2.53. The monoisotopic (exact) mass is 348 g/mol. The molecule has 1 aromatic rings. The molecule has 0 atom stereocenters. The molecule has 0 saturated carbocycles. The Kier molecular flexibility index (Phi) is 5.94. The van der Waals surface area contributed by atoms with Gasteiger partial charge in [-0.1, -0.05) is 12.1 Å². The van der Waals surface area contributed by atoms with Crippen LogP contribution in [0.15, 0.2) is 24.3 Å². The lowest BCUT2D eigenvalue weighted by atomic mass is 9.76. The first kappa shape index (κ1) is 19.9. The summed E-state index contributed by atoms with van der Waals surface area (Å²) < 4.78 is 5.62. The van der Waals surface area contributed by atoms with E-state index in [4.69, 9.17) is 4.65 Å². The summed E-state index contributed by atoms with van der Waals surface area (Å²) in [5, 5.41) is 20.4. The SMILES string of the molecule is CN1CCN(C(=O)c2ccc(B(O)OC(C)(C)C(C)(C)O)cc2)CC1. The lowest BCUT2D eigenvalue weighted by Gasteiger charge is -2.38. The van der Waals surface area contributed by atoms with Crippen molar-refractivity contribution in [1.82, 2.24) is 9.80 Å². The number of carbonyl (C=O) groups excluding carboxylic acids is 1. The van der Waals surface area contributed by atoms with Crippen molar-refractivity contribution in [3.8, 4) is 0 Å². The minimum atomic E-state index is -1.17. The van der Waals surface area contributed by atoms with Crippen molar-refractivity contribution in [2.45, 2.75) is 38.9 Å². The van der Waals surface area contributed by atoms with Crippen LogP contribution in [0.5, 0.6) is 0 Å². The molecule has 0 aliphatic carbocycles.